The van der Waals surface area contributed by atoms with Gasteiger partial charge >= 0.3 is 0 Å². The van der Waals surface area contributed by atoms with Gasteiger partial charge in [0.05, 0.1) is 0 Å². The Morgan fingerprint density at radius 2 is 0.342 bits per heavy atom. The lowest BCUT2D eigenvalue weighted by Crippen LogP contribution is -1.97. The quantitative estimate of drug-likeness (QED) is 0.0824. The molecule has 0 unspecified atom stereocenters. The summed E-state index contributed by atoms with van der Waals surface area (Å²) in [5.74, 6) is 0. The number of rotatable bonds is 29. The molecule has 0 aromatic rings. The second-order valence-electron chi connectivity index (χ2n) is 11.6. The monoisotopic (exact) mass is 542 g/mol. The minimum atomic E-state index is 0.871. The average Bonchev–Trinajstić information content (AvgIpc) is 2.93. The molecule has 0 bridgehead atoms. The normalized spacial score (nSPS) is 10.6. The van der Waals surface area contributed by atoms with E-state index >= 15 is 0 Å². The van der Waals surface area contributed by atoms with Crippen molar-refractivity contribution in [3.8, 4) is 0 Å². The summed E-state index contributed by atoms with van der Waals surface area (Å²) in [7, 11) is 0. The molecule has 0 saturated heterocycles. The molecule has 0 aliphatic heterocycles. The van der Waals surface area contributed by atoms with Crippen molar-refractivity contribution < 1.29 is 0 Å². The molecule has 0 saturated carbocycles. The van der Waals surface area contributed by atoms with Gasteiger partial charge in [0.25, 0.3) is 0 Å². The second kappa shape index (κ2) is 46.7. The zero-order chi connectivity index (χ0) is 28.6. The maximum Gasteiger partial charge on any atom is -0.00773 e. The summed E-state index contributed by atoms with van der Waals surface area (Å²) in [5.41, 5.74) is 16.3. The van der Waals surface area contributed by atoms with Gasteiger partial charge in [-0.3, -0.25) is 0 Å². The van der Waals surface area contributed by atoms with Crippen LogP contribution in [-0.2, 0) is 0 Å². The first-order chi connectivity index (χ1) is 18.7. The van der Waals surface area contributed by atoms with Crippen molar-refractivity contribution in [1.29, 1.82) is 0 Å². The third-order valence-corrected chi connectivity index (χ3v) is 7.42. The number of hydrogen-bond donors (Lipinski definition) is 3. The number of hydrogen-bond acceptors (Lipinski definition) is 3. The van der Waals surface area contributed by atoms with Gasteiger partial charge in [-0.05, 0) is 38.9 Å². The summed E-state index contributed by atoms with van der Waals surface area (Å²) >= 11 is 0. The van der Waals surface area contributed by atoms with E-state index in [0.717, 1.165) is 19.6 Å². The Labute approximate surface area is 243 Å². The van der Waals surface area contributed by atoms with E-state index in [4.69, 9.17) is 17.2 Å². The first-order valence-corrected chi connectivity index (χ1v) is 17.8. The van der Waals surface area contributed by atoms with Gasteiger partial charge in [-0.15, -0.1) is 0 Å². The van der Waals surface area contributed by atoms with Crippen molar-refractivity contribution in [3.63, 3.8) is 0 Å². The minimum absolute atomic E-state index is 0.871. The van der Waals surface area contributed by atoms with Crippen LogP contribution in [0.5, 0.6) is 0 Å². The van der Waals surface area contributed by atoms with Gasteiger partial charge in [0.2, 0.25) is 0 Å². The smallest absolute Gasteiger partial charge is 0.00773 e. The van der Waals surface area contributed by atoms with Crippen LogP contribution in [-0.4, -0.2) is 19.6 Å². The molecule has 0 atom stereocenters. The minimum Gasteiger partial charge on any atom is -0.330 e. The lowest BCUT2D eigenvalue weighted by atomic mass is 10.1. The Morgan fingerprint density at radius 3 is 0.474 bits per heavy atom. The van der Waals surface area contributed by atoms with Crippen molar-refractivity contribution in [2.24, 2.45) is 17.2 Å². The first-order valence-electron chi connectivity index (χ1n) is 17.8. The van der Waals surface area contributed by atoms with Gasteiger partial charge in [0.1, 0.15) is 0 Å². The highest BCUT2D eigenvalue weighted by atomic mass is 14.5. The molecular formula is C35H79N3. The summed E-state index contributed by atoms with van der Waals surface area (Å²) < 4.78 is 0. The Kier molecular flexibility index (Phi) is 52.1. The Hall–Kier alpha value is -0.120. The molecule has 0 amide bonds. The zero-order valence-corrected chi connectivity index (χ0v) is 27.4. The van der Waals surface area contributed by atoms with E-state index in [1.807, 2.05) is 0 Å². The van der Waals surface area contributed by atoms with Gasteiger partial charge in [-0.1, -0.05) is 188 Å². The lowest BCUT2D eigenvalue weighted by Gasteiger charge is -2.00. The first kappa shape index (κ1) is 42.3. The molecule has 234 valence electrons. The molecule has 3 heteroatoms. The highest BCUT2D eigenvalue weighted by molar-refractivity contribution is 4.49. The third-order valence-electron chi connectivity index (χ3n) is 7.42. The molecule has 6 N–H and O–H groups in total. The van der Waals surface area contributed by atoms with Crippen LogP contribution in [0.1, 0.15) is 207 Å². The van der Waals surface area contributed by atoms with Crippen LogP contribution in [0.25, 0.3) is 0 Å². The highest BCUT2D eigenvalue weighted by Gasteiger charge is 1.92. The second-order valence-corrected chi connectivity index (χ2v) is 11.6. The third kappa shape index (κ3) is 52.3. The van der Waals surface area contributed by atoms with Crippen molar-refractivity contribution in [3.05, 3.63) is 0 Å². The van der Waals surface area contributed by atoms with E-state index < -0.39 is 0 Å². The fourth-order valence-corrected chi connectivity index (χ4v) is 4.72. The summed E-state index contributed by atoms with van der Waals surface area (Å²) in [6.45, 7) is 9.42. The van der Waals surface area contributed by atoms with E-state index in [2.05, 4.69) is 20.8 Å². The van der Waals surface area contributed by atoms with Gasteiger partial charge in [-0.2, -0.15) is 0 Å². The van der Waals surface area contributed by atoms with E-state index in [1.165, 1.54) is 186 Å². The number of nitrogens with two attached hydrogens (primary N) is 3. The van der Waals surface area contributed by atoms with Crippen LogP contribution in [0, 0.1) is 0 Å². The van der Waals surface area contributed by atoms with Crippen LogP contribution >= 0.6 is 0 Å². The molecule has 0 heterocycles. The van der Waals surface area contributed by atoms with Gasteiger partial charge in [0, 0.05) is 0 Å². The van der Waals surface area contributed by atoms with Gasteiger partial charge in [-0.25, -0.2) is 0 Å². The zero-order valence-electron chi connectivity index (χ0n) is 27.4. The SMILES string of the molecule is CCCCCCCCCCCCN.CCCCCCCCCCCCN.CCCCCCCCCCCN. The van der Waals surface area contributed by atoms with Crippen LogP contribution in [0.2, 0.25) is 0 Å². The lowest BCUT2D eigenvalue weighted by molar-refractivity contribution is 0.558. The fraction of sp³-hybridized carbons (Fsp3) is 1.00. The van der Waals surface area contributed by atoms with E-state index in [-0.39, 0.29) is 0 Å². The molecule has 38 heavy (non-hydrogen) atoms. The molecule has 0 aliphatic rings. The molecule has 0 rings (SSSR count). The number of unbranched alkanes of at least 4 members (excludes halogenated alkanes) is 26. The van der Waals surface area contributed by atoms with E-state index in [0.29, 0.717) is 0 Å². The Balaban J connectivity index is -0.000000484. The molecule has 0 fully saturated rings. The van der Waals surface area contributed by atoms with E-state index in [1.54, 1.807) is 0 Å². The predicted molar refractivity (Wildman–Crippen MR) is 178 cm³/mol. The van der Waals surface area contributed by atoms with E-state index in [9.17, 15) is 0 Å². The maximum atomic E-state index is 5.42. The molecule has 3 nitrogen and oxygen atoms in total. The van der Waals surface area contributed by atoms with Gasteiger partial charge < -0.3 is 17.2 Å². The maximum absolute atomic E-state index is 5.42. The van der Waals surface area contributed by atoms with Crippen molar-refractivity contribution in [1.82, 2.24) is 0 Å². The summed E-state index contributed by atoms with van der Waals surface area (Å²) in [5, 5.41) is 0. The van der Waals surface area contributed by atoms with Crippen LogP contribution in [0.3, 0.4) is 0 Å². The van der Waals surface area contributed by atoms with Gasteiger partial charge in [0.15, 0.2) is 0 Å². The molecule has 0 aliphatic carbocycles. The molecular weight excluding hydrogens is 462 g/mol. The van der Waals surface area contributed by atoms with Crippen LogP contribution in [0.15, 0.2) is 0 Å². The Bertz CT molecular complexity index is 283. The highest BCUT2D eigenvalue weighted by Crippen LogP contribution is 2.11. The van der Waals surface area contributed by atoms with Crippen molar-refractivity contribution in [2.75, 3.05) is 19.6 Å². The van der Waals surface area contributed by atoms with Crippen LogP contribution in [0.4, 0.5) is 0 Å². The molecule has 0 aromatic heterocycles. The molecule has 0 radical (unpaired) electrons. The Morgan fingerprint density at radius 1 is 0.211 bits per heavy atom. The average molecular weight is 542 g/mol. The standard InChI is InChI=1S/2C12H27N.C11H25N/c2*1-2-3-4-5-6-7-8-9-10-11-12-13;1-2-3-4-5-6-7-8-9-10-11-12/h2*2-13H2,1H3;2-12H2,1H3. The summed E-state index contributed by atoms with van der Waals surface area (Å²) in [6.07, 6.45) is 40.3. The largest absolute Gasteiger partial charge is 0.330 e. The molecule has 0 spiro atoms. The topological polar surface area (TPSA) is 78.1 Å². The summed E-state index contributed by atoms with van der Waals surface area (Å²) in [6, 6.07) is 0. The molecule has 0 aromatic carbocycles. The van der Waals surface area contributed by atoms with Crippen LogP contribution < -0.4 is 17.2 Å². The predicted octanol–water partition coefficient (Wildman–Crippen LogP) is 11.2. The summed E-state index contributed by atoms with van der Waals surface area (Å²) in [4.78, 5) is 0. The van der Waals surface area contributed by atoms with Crippen molar-refractivity contribution in [2.45, 2.75) is 207 Å². The van der Waals surface area contributed by atoms with Crippen molar-refractivity contribution >= 4 is 0 Å². The fourth-order valence-electron chi connectivity index (χ4n) is 4.72.